The first-order valence-corrected chi connectivity index (χ1v) is 19.6. The molecule has 0 fully saturated rings. The van der Waals surface area contributed by atoms with Crippen LogP contribution in [0.2, 0.25) is 0 Å². The van der Waals surface area contributed by atoms with Crippen molar-refractivity contribution in [2.75, 3.05) is 99.1 Å². The fraction of sp³-hybridized carbons (Fsp3) is 1.00. The highest BCUT2D eigenvalue weighted by Gasteiger charge is 2.21. The fourth-order valence-electron chi connectivity index (χ4n) is 5.59. The largest absolute Gasteiger partial charge is 0.394 e. The van der Waals surface area contributed by atoms with Gasteiger partial charge in [-0.15, -0.1) is 0 Å². The molecular formula is C38H78O9. The van der Waals surface area contributed by atoms with Crippen molar-refractivity contribution < 1.29 is 43.4 Å². The third-order valence-electron chi connectivity index (χ3n) is 8.42. The van der Waals surface area contributed by atoms with Crippen LogP contribution in [0.4, 0.5) is 0 Å². The Bertz CT molecular complexity index is 555. The smallest absolute Gasteiger partial charge is 0.0834 e. The third-order valence-corrected chi connectivity index (χ3v) is 8.42. The van der Waals surface area contributed by atoms with Gasteiger partial charge in [0.2, 0.25) is 0 Å². The van der Waals surface area contributed by atoms with Crippen molar-refractivity contribution in [1.29, 1.82) is 0 Å². The van der Waals surface area contributed by atoms with Crippen LogP contribution in [0.5, 0.6) is 0 Å². The molecule has 0 aliphatic rings. The van der Waals surface area contributed by atoms with Gasteiger partial charge in [-0.1, -0.05) is 110 Å². The minimum Gasteiger partial charge on any atom is -0.394 e. The molecular weight excluding hydrogens is 600 g/mol. The number of hydrogen-bond acceptors (Lipinski definition) is 9. The van der Waals surface area contributed by atoms with Gasteiger partial charge < -0.3 is 43.4 Å². The van der Waals surface area contributed by atoms with E-state index in [-0.39, 0.29) is 19.3 Å². The molecule has 0 spiro atoms. The molecule has 0 saturated heterocycles. The minimum atomic E-state index is -0.151. The summed E-state index contributed by atoms with van der Waals surface area (Å²) in [5.41, 5.74) is 0. The predicted octanol–water partition coefficient (Wildman–Crippen LogP) is 7.52. The van der Waals surface area contributed by atoms with Crippen LogP contribution in [-0.2, 0) is 33.2 Å². The summed E-state index contributed by atoms with van der Waals surface area (Å²) < 4.78 is 39.3. The number of hydrogen-bond donors (Lipinski definition) is 2. The molecule has 0 radical (unpaired) electrons. The van der Waals surface area contributed by atoms with Crippen molar-refractivity contribution in [3.05, 3.63) is 0 Å². The summed E-state index contributed by atoms with van der Waals surface area (Å²) in [5, 5.41) is 18.8. The molecule has 0 saturated carbocycles. The summed E-state index contributed by atoms with van der Waals surface area (Å²) in [6, 6.07) is 0. The molecule has 0 aliphatic heterocycles. The third kappa shape index (κ3) is 36.7. The molecule has 0 aromatic rings. The Hall–Kier alpha value is -0.360. The number of rotatable bonds is 42. The first-order valence-electron chi connectivity index (χ1n) is 19.6. The van der Waals surface area contributed by atoms with Gasteiger partial charge in [0.05, 0.1) is 92.0 Å². The van der Waals surface area contributed by atoms with E-state index in [1.54, 1.807) is 0 Å². The second-order valence-corrected chi connectivity index (χ2v) is 12.6. The van der Waals surface area contributed by atoms with Crippen LogP contribution >= 0.6 is 0 Å². The van der Waals surface area contributed by atoms with E-state index in [0.29, 0.717) is 78.6 Å². The van der Waals surface area contributed by atoms with Crippen LogP contribution in [-0.4, -0.2) is 115 Å². The standard InChI is InChI=1S/C38H78O9/c1-3-5-7-9-11-12-13-14-16-18-23-41-24-19-21-37(20-17-15-10-8-6-4-2)38(36-40)47-35-34-46-33-32-45-31-30-44-29-28-43-27-26-42-25-22-39/h37-40H,3-36H2,1-2H3. The van der Waals surface area contributed by atoms with Crippen molar-refractivity contribution in [3.8, 4) is 0 Å². The molecule has 0 aromatic carbocycles. The predicted molar refractivity (Wildman–Crippen MR) is 191 cm³/mol. The van der Waals surface area contributed by atoms with Gasteiger partial charge in [0.1, 0.15) is 0 Å². The molecule has 284 valence electrons. The number of aliphatic hydroxyl groups is 2. The second kappa shape index (κ2) is 41.8. The average Bonchev–Trinajstić information content (AvgIpc) is 3.08. The van der Waals surface area contributed by atoms with Crippen LogP contribution in [0.1, 0.15) is 136 Å². The zero-order valence-electron chi connectivity index (χ0n) is 30.9. The number of unbranched alkanes of at least 4 members (excludes halogenated alkanes) is 14. The second-order valence-electron chi connectivity index (χ2n) is 12.6. The zero-order chi connectivity index (χ0) is 34.1. The van der Waals surface area contributed by atoms with Crippen molar-refractivity contribution in [2.45, 2.75) is 142 Å². The molecule has 0 heterocycles. The Balaban J connectivity index is 3.97. The van der Waals surface area contributed by atoms with E-state index >= 15 is 0 Å². The van der Waals surface area contributed by atoms with Crippen LogP contribution < -0.4 is 0 Å². The van der Waals surface area contributed by atoms with Gasteiger partial charge in [-0.2, -0.15) is 0 Å². The zero-order valence-corrected chi connectivity index (χ0v) is 30.9. The molecule has 0 aromatic heterocycles. The first-order chi connectivity index (χ1) is 23.3. The SMILES string of the molecule is CCCCCCCCCCCCOCCCC(CCCCCCCC)C(CO)OCCOCCOCCOCCOCCOCCO. The molecule has 0 aliphatic carbocycles. The van der Waals surface area contributed by atoms with Crippen LogP contribution in [0.15, 0.2) is 0 Å². The first kappa shape index (κ1) is 46.6. The molecule has 0 bridgehead atoms. The molecule has 47 heavy (non-hydrogen) atoms. The number of ether oxygens (including phenoxy) is 7. The van der Waals surface area contributed by atoms with E-state index in [2.05, 4.69) is 13.8 Å². The molecule has 2 unspecified atom stereocenters. The topological polar surface area (TPSA) is 105 Å². The summed E-state index contributed by atoms with van der Waals surface area (Å²) in [5.74, 6) is 0.348. The fourth-order valence-corrected chi connectivity index (χ4v) is 5.59. The van der Waals surface area contributed by atoms with Gasteiger partial charge >= 0.3 is 0 Å². The molecule has 0 rings (SSSR count). The van der Waals surface area contributed by atoms with Gasteiger partial charge in [-0.25, -0.2) is 0 Å². The van der Waals surface area contributed by atoms with Crippen LogP contribution in [0, 0.1) is 5.92 Å². The summed E-state index contributed by atoms with van der Waals surface area (Å²) in [7, 11) is 0. The van der Waals surface area contributed by atoms with E-state index in [1.807, 2.05) is 0 Å². The Kier molecular flexibility index (Phi) is 41.5. The van der Waals surface area contributed by atoms with E-state index < -0.39 is 0 Å². The minimum absolute atomic E-state index is 0.0298. The van der Waals surface area contributed by atoms with Crippen molar-refractivity contribution in [2.24, 2.45) is 5.92 Å². The maximum atomic E-state index is 10.2. The molecule has 2 N–H and O–H groups in total. The van der Waals surface area contributed by atoms with Gasteiger partial charge in [0.25, 0.3) is 0 Å². The lowest BCUT2D eigenvalue weighted by Gasteiger charge is -2.26. The molecule has 2 atom stereocenters. The van der Waals surface area contributed by atoms with Crippen LogP contribution in [0.25, 0.3) is 0 Å². The maximum Gasteiger partial charge on any atom is 0.0834 e. The van der Waals surface area contributed by atoms with Crippen molar-refractivity contribution in [1.82, 2.24) is 0 Å². The molecule has 9 heteroatoms. The van der Waals surface area contributed by atoms with Gasteiger partial charge in [0.15, 0.2) is 0 Å². The van der Waals surface area contributed by atoms with E-state index in [9.17, 15) is 5.11 Å². The highest BCUT2D eigenvalue weighted by molar-refractivity contribution is 4.71. The lowest BCUT2D eigenvalue weighted by atomic mass is 9.91. The highest BCUT2D eigenvalue weighted by Crippen LogP contribution is 2.23. The van der Waals surface area contributed by atoms with Crippen molar-refractivity contribution >= 4 is 0 Å². The normalized spacial score (nSPS) is 13.0. The maximum absolute atomic E-state index is 10.2. The summed E-state index contributed by atoms with van der Waals surface area (Å²) >= 11 is 0. The van der Waals surface area contributed by atoms with E-state index in [0.717, 1.165) is 38.9 Å². The molecule has 9 nitrogen and oxygen atoms in total. The van der Waals surface area contributed by atoms with Gasteiger partial charge in [0, 0.05) is 13.2 Å². The Morgan fingerprint density at radius 3 is 1.19 bits per heavy atom. The summed E-state index contributed by atoms with van der Waals surface area (Å²) in [4.78, 5) is 0. The van der Waals surface area contributed by atoms with Crippen molar-refractivity contribution in [3.63, 3.8) is 0 Å². The summed E-state index contributed by atoms with van der Waals surface area (Å²) in [6.07, 6.45) is 24.1. The monoisotopic (exact) mass is 679 g/mol. The van der Waals surface area contributed by atoms with Gasteiger partial charge in [-0.05, 0) is 31.6 Å². The molecule has 0 amide bonds. The summed E-state index contributed by atoms with van der Waals surface area (Å²) in [6.45, 7) is 11.6. The quantitative estimate of drug-likeness (QED) is 0.0634. The Labute approximate surface area is 290 Å². The van der Waals surface area contributed by atoms with Gasteiger partial charge in [-0.3, -0.25) is 0 Å². The van der Waals surface area contributed by atoms with E-state index in [4.69, 9.17) is 38.3 Å². The highest BCUT2D eigenvalue weighted by atomic mass is 16.6. The lowest BCUT2D eigenvalue weighted by Crippen LogP contribution is -2.30. The lowest BCUT2D eigenvalue weighted by molar-refractivity contribution is -0.0582. The Morgan fingerprint density at radius 1 is 0.362 bits per heavy atom. The Morgan fingerprint density at radius 2 is 0.723 bits per heavy atom. The number of aliphatic hydroxyl groups excluding tert-OH is 2. The van der Waals surface area contributed by atoms with Crippen LogP contribution in [0.3, 0.4) is 0 Å². The van der Waals surface area contributed by atoms with E-state index in [1.165, 1.54) is 96.3 Å². The average molecular weight is 679 g/mol.